The lowest BCUT2D eigenvalue weighted by Gasteiger charge is -2.26. The first-order valence-corrected chi connectivity index (χ1v) is 8.77. The molecule has 1 N–H and O–H groups in total. The van der Waals surface area contributed by atoms with Crippen molar-refractivity contribution in [3.63, 3.8) is 0 Å². The highest BCUT2D eigenvalue weighted by molar-refractivity contribution is 9.10. The summed E-state index contributed by atoms with van der Waals surface area (Å²) < 4.78 is 1.07. The van der Waals surface area contributed by atoms with Gasteiger partial charge in [-0.3, -0.25) is 4.79 Å². The number of amides is 1. The van der Waals surface area contributed by atoms with Crippen LogP contribution in [-0.4, -0.2) is 37.0 Å². The average molecular weight is 353 g/mol. The summed E-state index contributed by atoms with van der Waals surface area (Å²) in [6.07, 6.45) is 6.47. The maximum atomic E-state index is 11.8. The van der Waals surface area contributed by atoms with Gasteiger partial charge in [0.15, 0.2) is 0 Å². The number of nitrogens with one attached hydrogen (secondary N) is 1. The zero-order chi connectivity index (χ0) is 14.9. The molecule has 4 heteroatoms. The van der Waals surface area contributed by atoms with E-state index in [1.54, 1.807) is 0 Å². The van der Waals surface area contributed by atoms with E-state index in [1.165, 1.54) is 37.9 Å². The highest BCUT2D eigenvalue weighted by Crippen LogP contribution is 2.13. The van der Waals surface area contributed by atoms with Gasteiger partial charge in [0.05, 0.1) is 0 Å². The van der Waals surface area contributed by atoms with Crippen LogP contribution in [0.1, 0.15) is 37.7 Å². The Morgan fingerprint density at radius 3 is 2.81 bits per heavy atom. The van der Waals surface area contributed by atoms with Gasteiger partial charge in [0.2, 0.25) is 5.91 Å². The Hall–Kier alpha value is -0.870. The molecule has 1 aromatic rings. The Labute approximate surface area is 136 Å². The van der Waals surface area contributed by atoms with E-state index in [4.69, 9.17) is 0 Å². The van der Waals surface area contributed by atoms with Crippen LogP contribution in [0.3, 0.4) is 0 Å². The van der Waals surface area contributed by atoms with Crippen molar-refractivity contribution >= 4 is 21.8 Å². The van der Waals surface area contributed by atoms with Crippen molar-refractivity contribution in [3.8, 4) is 0 Å². The quantitative estimate of drug-likeness (QED) is 0.763. The number of rotatable bonds is 7. The maximum Gasteiger partial charge on any atom is 0.220 e. The fraction of sp³-hybridized carbons (Fsp3) is 0.588. The van der Waals surface area contributed by atoms with E-state index >= 15 is 0 Å². The molecule has 0 aliphatic carbocycles. The minimum atomic E-state index is 0.161. The highest BCUT2D eigenvalue weighted by atomic mass is 79.9. The molecule has 0 bridgehead atoms. The molecule has 1 heterocycles. The smallest absolute Gasteiger partial charge is 0.220 e. The summed E-state index contributed by atoms with van der Waals surface area (Å²) >= 11 is 3.45. The van der Waals surface area contributed by atoms with Gasteiger partial charge < -0.3 is 10.2 Å². The van der Waals surface area contributed by atoms with Crippen LogP contribution in [0.5, 0.6) is 0 Å². The van der Waals surface area contributed by atoms with Crippen molar-refractivity contribution in [1.82, 2.24) is 10.2 Å². The van der Waals surface area contributed by atoms with Crippen molar-refractivity contribution in [1.29, 1.82) is 0 Å². The van der Waals surface area contributed by atoms with E-state index in [0.29, 0.717) is 6.42 Å². The van der Waals surface area contributed by atoms with Crippen LogP contribution >= 0.6 is 15.9 Å². The van der Waals surface area contributed by atoms with E-state index in [9.17, 15) is 4.79 Å². The van der Waals surface area contributed by atoms with Gasteiger partial charge in [-0.2, -0.15) is 0 Å². The zero-order valence-corrected chi connectivity index (χ0v) is 14.2. The first-order valence-electron chi connectivity index (χ1n) is 7.97. The van der Waals surface area contributed by atoms with E-state index in [-0.39, 0.29) is 5.91 Å². The Kier molecular flexibility index (Phi) is 7.24. The lowest BCUT2D eigenvalue weighted by atomic mass is 10.1. The van der Waals surface area contributed by atoms with Gasteiger partial charge in [0.1, 0.15) is 0 Å². The number of halogens is 1. The first-order chi connectivity index (χ1) is 10.2. The summed E-state index contributed by atoms with van der Waals surface area (Å²) in [5, 5.41) is 3.03. The summed E-state index contributed by atoms with van der Waals surface area (Å²) in [5.41, 5.74) is 1.20. The highest BCUT2D eigenvalue weighted by Gasteiger charge is 2.09. The van der Waals surface area contributed by atoms with E-state index < -0.39 is 0 Å². The van der Waals surface area contributed by atoms with Crippen LogP contribution in [0.15, 0.2) is 28.7 Å². The van der Waals surface area contributed by atoms with Crippen LogP contribution in [0.4, 0.5) is 0 Å². The summed E-state index contributed by atoms with van der Waals surface area (Å²) in [6.45, 7) is 4.38. The molecule has 0 spiro atoms. The van der Waals surface area contributed by atoms with Gasteiger partial charge in [0, 0.05) is 17.4 Å². The van der Waals surface area contributed by atoms with Crippen molar-refractivity contribution in [3.05, 3.63) is 34.3 Å². The molecule has 0 saturated carbocycles. The number of hydrogen-bond donors (Lipinski definition) is 1. The Bertz CT molecular complexity index is 444. The largest absolute Gasteiger partial charge is 0.356 e. The van der Waals surface area contributed by atoms with Gasteiger partial charge in [0.25, 0.3) is 0 Å². The summed E-state index contributed by atoms with van der Waals surface area (Å²) in [5.74, 6) is 0.161. The minimum absolute atomic E-state index is 0.161. The second kappa shape index (κ2) is 9.21. The Balaban J connectivity index is 1.55. The molecule has 1 aliphatic rings. The SMILES string of the molecule is O=C(CCc1cccc(Br)c1)NCCCN1CCCCC1. The molecule has 1 saturated heterocycles. The predicted octanol–water partition coefficient (Wildman–Crippen LogP) is 3.37. The molecule has 0 atom stereocenters. The third-order valence-electron chi connectivity index (χ3n) is 3.95. The number of carbonyl (C=O) groups excluding carboxylic acids is 1. The number of benzene rings is 1. The summed E-state index contributed by atoms with van der Waals surface area (Å²) in [4.78, 5) is 14.3. The number of carbonyl (C=O) groups is 1. The molecule has 1 amide bonds. The molecule has 3 nitrogen and oxygen atoms in total. The minimum Gasteiger partial charge on any atom is -0.356 e. The van der Waals surface area contributed by atoms with Crippen molar-refractivity contribution in [2.75, 3.05) is 26.2 Å². The number of nitrogens with zero attached hydrogens (tertiary/aromatic N) is 1. The fourth-order valence-electron chi connectivity index (χ4n) is 2.75. The van der Waals surface area contributed by atoms with Gasteiger partial charge in [-0.1, -0.05) is 34.5 Å². The van der Waals surface area contributed by atoms with Crippen LogP contribution in [-0.2, 0) is 11.2 Å². The van der Waals surface area contributed by atoms with Gasteiger partial charge in [-0.15, -0.1) is 0 Å². The number of aryl methyl sites for hydroxylation is 1. The second-order valence-electron chi connectivity index (χ2n) is 5.74. The van der Waals surface area contributed by atoms with E-state index in [1.807, 2.05) is 12.1 Å². The third kappa shape index (κ3) is 6.62. The van der Waals surface area contributed by atoms with Gasteiger partial charge in [-0.05, 0) is 63.0 Å². The molecule has 2 rings (SSSR count). The molecular formula is C17H25BrN2O. The molecule has 0 radical (unpaired) electrons. The maximum absolute atomic E-state index is 11.8. The van der Waals surface area contributed by atoms with Crippen molar-refractivity contribution < 1.29 is 4.79 Å². The lowest BCUT2D eigenvalue weighted by Crippen LogP contribution is -2.33. The molecular weight excluding hydrogens is 328 g/mol. The first kappa shape index (κ1) is 16.5. The Morgan fingerprint density at radius 2 is 2.05 bits per heavy atom. The summed E-state index contributed by atoms with van der Waals surface area (Å²) in [6, 6.07) is 8.15. The molecule has 21 heavy (non-hydrogen) atoms. The molecule has 1 aromatic carbocycles. The van der Waals surface area contributed by atoms with Crippen LogP contribution in [0, 0.1) is 0 Å². The lowest BCUT2D eigenvalue weighted by molar-refractivity contribution is -0.121. The Morgan fingerprint density at radius 1 is 1.24 bits per heavy atom. The van der Waals surface area contributed by atoms with Crippen LogP contribution in [0.25, 0.3) is 0 Å². The third-order valence-corrected chi connectivity index (χ3v) is 4.44. The number of piperidine rings is 1. The normalized spacial score (nSPS) is 15.9. The topological polar surface area (TPSA) is 32.3 Å². The molecule has 1 aliphatic heterocycles. The standard InChI is InChI=1S/C17H25BrN2O/c18-16-7-4-6-15(14-16)8-9-17(21)19-10-5-13-20-11-2-1-3-12-20/h4,6-7,14H,1-3,5,8-13H2,(H,19,21). The van der Waals surface area contributed by atoms with Crippen LogP contribution in [0.2, 0.25) is 0 Å². The molecule has 1 fully saturated rings. The average Bonchev–Trinajstić information content (AvgIpc) is 2.51. The van der Waals surface area contributed by atoms with Crippen LogP contribution < -0.4 is 5.32 Å². The van der Waals surface area contributed by atoms with E-state index in [0.717, 1.165) is 30.4 Å². The van der Waals surface area contributed by atoms with Gasteiger partial charge >= 0.3 is 0 Å². The summed E-state index contributed by atoms with van der Waals surface area (Å²) in [7, 11) is 0. The molecule has 0 unspecified atom stereocenters. The fourth-order valence-corrected chi connectivity index (χ4v) is 3.20. The number of hydrogen-bond acceptors (Lipinski definition) is 2. The predicted molar refractivity (Wildman–Crippen MR) is 90.4 cm³/mol. The van der Waals surface area contributed by atoms with Crippen molar-refractivity contribution in [2.24, 2.45) is 0 Å². The monoisotopic (exact) mass is 352 g/mol. The van der Waals surface area contributed by atoms with E-state index in [2.05, 4.69) is 38.3 Å². The second-order valence-corrected chi connectivity index (χ2v) is 6.65. The number of likely N-dealkylation sites (tertiary alicyclic amines) is 1. The van der Waals surface area contributed by atoms with Crippen molar-refractivity contribution in [2.45, 2.75) is 38.5 Å². The molecule has 0 aromatic heterocycles. The van der Waals surface area contributed by atoms with Gasteiger partial charge in [-0.25, -0.2) is 0 Å². The zero-order valence-electron chi connectivity index (χ0n) is 12.6. The molecule has 116 valence electrons.